The van der Waals surface area contributed by atoms with Crippen molar-refractivity contribution >= 4 is 0 Å². The van der Waals surface area contributed by atoms with Crippen LogP contribution in [0.4, 0.5) is 0 Å². The van der Waals surface area contributed by atoms with Crippen molar-refractivity contribution in [1.82, 2.24) is 0 Å². The highest BCUT2D eigenvalue weighted by Crippen LogP contribution is 2.18. The number of hydrogen-bond acceptors (Lipinski definition) is 0. The van der Waals surface area contributed by atoms with Gasteiger partial charge in [0.1, 0.15) is 0 Å². The summed E-state index contributed by atoms with van der Waals surface area (Å²) in [4.78, 5) is 0. The summed E-state index contributed by atoms with van der Waals surface area (Å²) in [6, 6.07) is 0. The van der Waals surface area contributed by atoms with Gasteiger partial charge in [0.2, 0.25) is 0 Å². The van der Waals surface area contributed by atoms with E-state index >= 15 is 0 Å². The van der Waals surface area contributed by atoms with Gasteiger partial charge in [0, 0.05) is 0 Å². The maximum absolute atomic E-state index is 3.90. The topological polar surface area (TPSA) is 0 Å². The zero-order chi connectivity index (χ0) is 15.6. The first-order valence-electron chi connectivity index (χ1n) is 9.54. The highest BCUT2D eigenvalue weighted by atomic mass is 14.1. The number of unbranched alkanes of at least 4 members (excludes halogenated alkanes) is 11. The molecule has 0 heteroatoms. The van der Waals surface area contributed by atoms with Gasteiger partial charge in [-0.1, -0.05) is 109 Å². The number of rotatable bonds is 16. The summed E-state index contributed by atoms with van der Waals surface area (Å²) in [6.07, 6.45) is 24.8. The molecule has 0 bridgehead atoms. The molecule has 1 unspecified atom stereocenters. The van der Waals surface area contributed by atoms with Gasteiger partial charge in [0.15, 0.2) is 0 Å². The lowest BCUT2D eigenvalue weighted by Gasteiger charge is -2.11. The maximum Gasteiger partial charge on any atom is -0.0316 e. The third-order valence-electron chi connectivity index (χ3n) is 4.43. The van der Waals surface area contributed by atoms with Crippen LogP contribution < -0.4 is 0 Å². The average molecular weight is 293 g/mol. The number of allylic oxidation sites excluding steroid dienone is 2. The summed E-state index contributed by atoms with van der Waals surface area (Å²) in [5.41, 5.74) is 0. The van der Waals surface area contributed by atoms with Gasteiger partial charge in [-0.25, -0.2) is 0 Å². The second-order valence-corrected chi connectivity index (χ2v) is 6.69. The van der Waals surface area contributed by atoms with E-state index in [1.54, 1.807) is 0 Å². The highest BCUT2D eigenvalue weighted by molar-refractivity contribution is 4.83. The first kappa shape index (κ1) is 20.7. The van der Waals surface area contributed by atoms with Gasteiger partial charge in [-0.15, -0.1) is 0 Å². The van der Waals surface area contributed by atoms with E-state index in [0.29, 0.717) is 0 Å². The summed E-state index contributed by atoms with van der Waals surface area (Å²) in [6.45, 7) is 10.1. The molecule has 0 heterocycles. The highest BCUT2D eigenvalue weighted by Gasteiger charge is 2.02. The van der Waals surface area contributed by atoms with Gasteiger partial charge in [-0.2, -0.15) is 0 Å². The van der Waals surface area contributed by atoms with Crippen LogP contribution in [0.25, 0.3) is 0 Å². The monoisotopic (exact) mass is 292 g/mol. The molecule has 0 nitrogen and oxygen atoms in total. The van der Waals surface area contributed by atoms with Gasteiger partial charge < -0.3 is 0 Å². The first-order valence-corrected chi connectivity index (χ1v) is 9.54. The summed E-state index contributed by atoms with van der Waals surface area (Å²) in [7, 11) is 0. The van der Waals surface area contributed by atoms with Gasteiger partial charge in [-0.05, 0) is 25.7 Å². The molecule has 0 rings (SSSR count). The summed E-state index contributed by atoms with van der Waals surface area (Å²) in [5.74, 6) is 0.944. The van der Waals surface area contributed by atoms with Crippen LogP contribution in [-0.2, 0) is 0 Å². The van der Waals surface area contributed by atoms with Crippen LogP contribution in [-0.4, -0.2) is 0 Å². The maximum atomic E-state index is 3.90. The van der Waals surface area contributed by atoms with Gasteiger partial charge in [-0.3, -0.25) is 0 Å². The third-order valence-corrected chi connectivity index (χ3v) is 4.43. The van der Waals surface area contributed by atoms with Crippen LogP contribution in [0.5, 0.6) is 0 Å². The van der Waals surface area contributed by atoms with E-state index in [2.05, 4.69) is 26.8 Å². The smallest absolute Gasteiger partial charge is 0.0316 e. The normalized spacial score (nSPS) is 13.1. The zero-order valence-corrected chi connectivity index (χ0v) is 14.8. The van der Waals surface area contributed by atoms with Crippen molar-refractivity contribution in [3.05, 3.63) is 26.0 Å². The molecule has 21 heavy (non-hydrogen) atoms. The Morgan fingerprint density at radius 2 is 1.19 bits per heavy atom. The zero-order valence-electron chi connectivity index (χ0n) is 14.8. The molecule has 0 aliphatic carbocycles. The Morgan fingerprint density at radius 1 is 0.714 bits per heavy atom. The second kappa shape index (κ2) is 17.8. The molecule has 0 aliphatic heterocycles. The molecule has 0 aromatic heterocycles. The Kier molecular flexibility index (Phi) is 17.6. The van der Waals surface area contributed by atoms with Crippen LogP contribution in [0.15, 0.2) is 12.2 Å². The van der Waals surface area contributed by atoms with E-state index in [-0.39, 0.29) is 0 Å². The predicted octanol–water partition coefficient (Wildman–Crippen LogP) is 7.70. The fourth-order valence-electron chi connectivity index (χ4n) is 2.92. The van der Waals surface area contributed by atoms with Gasteiger partial charge >= 0.3 is 0 Å². The molecule has 0 fully saturated rings. The lowest BCUT2D eigenvalue weighted by atomic mass is 9.96. The third kappa shape index (κ3) is 17.7. The van der Waals surface area contributed by atoms with Crippen molar-refractivity contribution in [2.45, 2.75) is 103 Å². The Bertz CT molecular complexity index is 204. The molecule has 2 radical (unpaired) electrons. The van der Waals surface area contributed by atoms with Crippen molar-refractivity contribution < 1.29 is 0 Å². The molecule has 0 aromatic carbocycles. The van der Waals surface area contributed by atoms with Crippen LogP contribution in [0, 0.1) is 19.8 Å². The molecular formula is C21H40. The minimum Gasteiger partial charge on any atom is -0.0885 e. The molecule has 0 aliphatic rings. The van der Waals surface area contributed by atoms with Gasteiger partial charge in [0.25, 0.3) is 0 Å². The van der Waals surface area contributed by atoms with Crippen LogP contribution in [0.1, 0.15) is 103 Å². The minimum atomic E-state index is 0.944. The van der Waals surface area contributed by atoms with Crippen molar-refractivity contribution in [3.8, 4) is 0 Å². The second-order valence-electron chi connectivity index (χ2n) is 6.69. The Labute approximate surface area is 135 Å². The standard InChI is InChI=1S/C21H40/c1-4-6-8-10-12-13-14-16-18-20-21(3)19-17-15-11-9-7-5-2/h4,6,21H,1-2,5,7-20H2,3H3. The van der Waals surface area contributed by atoms with E-state index in [9.17, 15) is 0 Å². The molecule has 0 amide bonds. The predicted molar refractivity (Wildman–Crippen MR) is 98.3 cm³/mol. The molecule has 124 valence electrons. The Morgan fingerprint density at radius 3 is 1.71 bits per heavy atom. The molecule has 0 aromatic rings. The molecule has 0 N–H and O–H groups in total. The summed E-state index contributed by atoms with van der Waals surface area (Å²) >= 11 is 0. The quantitative estimate of drug-likeness (QED) is 0.256. The molecule has 0 saturated carbocycles. The molecule has 0 spiro atoms. The lowest BCUT2D eigenvalue weighted by molar-refractivity contribution is 0.431. The van der Waals surface area contributed by atoms with E-state index in [0.717, 1.165) is 12.3 Å². The first-order chi connectivity index (χ1) is 10.3. The van der Waals surface area contributed by atoms with E-state index in [1.165, 1.54) is 89.9 Å². The Hall–Kier alpha value is -0.260. The average Bonchev–Trinajstić information content (AvgIpc) is 2.49. The van der Waals surface area contributed by atoms with Crippen molar-refractivity contribution in [2.75, 3.05) is 0 Å². The van der Waals surface area contributed by atoms with Crippen LogP contribution in [0.3, 0.4) is 0 Å². The van der Waals surface area contributed by atoms with Crippen molar-refractivity contribution in [3.63, 3.8) is 0 Å². The van der Waals surface area contributed by atoms with Crippen molar-refractivity contribution in [2.24, 2.45) is 5.92 Å². The SMILES string of the molecule is [CH2]C=CCCCCCCCCC(C)CCCCCCC[CH2]. The van der Waals surface area contributed by atoms with Crippen LogP contribution in [0.2, 0.25) is 0 Å². The summed E-state index contributed by atoms with van der Waals surface area (Å²) in [5, 5.41) is 0. The molecular weight excluding hydrogens is 252 g/mol. The molecule has 0 saturated heterocycles. The van der Waals surface area contributed by atoms with Crippen LogP contribution >= 0.6 is 0 Å². The lowest BCUT2D eigenvalue weighted by Crippen LogP contribution is -1.95. The number of hydrogen-bond donors (Lipinski definition) is 0. The summed E-state index contributed by atoms with van der Waals surface area (Å²) < 4.78 is 0. The fourth-order valence-corrected chi connectivity index (χ4v) is 2.92. The molecule has 1 atom stereocenters. The van der Waals surface area contributed by atoms with E-state index in [1.807, 2.05) is 6.08 Å². The van der Waals surface area contributed by atoms with Crippen molar-refractivity contribution in [1.29, 1.82) is 0 Å². The largest absolute Gasteiger partial charge is 0.0885 e. The minimum absolute atomic E-state index is 0.944. The Balaban J connectivity index is 3.13. The van der Waals surface area contributed by atoms with E-state index in [4.69, 9.17) is 0 Å². The van der Waals surface area contributed by atoms with Gasteiger partial charge in [0.05, 0.1) is 0 Å². The van der Waals surface area contributed by atoms with E-state index < -0.39 is 0 Å². The fraction of sp³-hybridized carbons (Fsp3) is 0.810.